The Balaban J connectivity index is 0.000000308. The first-order chi connectivity index (χ1) is 17.0. The summed E-state index contributed by atoms with van der Waals surface area (Å²) < 4.78 is 25.2. The van der Waals surface area contributed by atoms with Crippen molar-refractivity contribution in [2.75, 3.05) is 19.6 Å². The molecule has 2 aliphatic rings. The lowest BCUT2D eigenvalue weighted by Gasteiger charge is -2.19. The number of sulfone groups is 1. The minimum absolute atomic E-state index is 0.0696. The van der Waals surface area contributed by atoms with Gasteiger partial charge in [-0.15, -0.1) is 0 Å². The standard InChI is InChI=1S/C18H21N5O3S.C7H6O/c24-18(14-7-13-10-22-23-17(13)20-9-14)21-8-12-1-3-15(4-2-12)27(25,26)16-5-6-19-11-16;8-6-7-4-2-1-3-5-7/h1,3-4,7,9-10,12,16,19H,2,5-6,8,11H2,(H,21,24)(H,20,22,23);1-6H. The number of aromatic amines is 1. The molecule has 1 amide bonds. The van der Waals surface area contributed by atoms with Crippen molar-refractivity contribution in [3.63, 3.8) is 0 Å². The van der Waals surface area contributed by atoms with Gasteiger partial charge in [0.25, 0.3) is 5.91 Å². The van der Waals surface area contributed by atoms with Gasteiger partial charge in [0, 0.05) is 30.2 Å². The van der Waals surface area contributed by atoms with E-state index in [1.54, 1.807) is 36.5 Å². The molecule has 1 saturated heterocycles. The number of nitrogens with zero attached hydrogens (tertiary/aromatic N) is 2. The number of carbonyl (C=O) groups is 2. The van der Waals surface area contributed by atoms with Gasteiger partial charge in [-0.05, 0) is 37.4 Å². The second-order valence-corrected chi connectivity index (χ2v) is 10.6. The number of aldehydes is 1. The molecule has 2 unspecified atom stereocenters. The monoisotopic (exact) mass is 493 g/mol. The first-order valence-corrected chi connectivity index (χ1v) is 12.9. The number of hydrogen-bond acceptors (Lipinski definition) is 7. The van der Waals surface area contributed by atoms with Gasteiger partial charge in [-0.3, -0.25) is 14.7 Å². The summed E-state index contributed by atoms with van der Waals surface area (Å²) in [6.07, 6.45) is 10.5. The molecule has 5 rings (SSSR count). The van der Waals surface area contributed by atoms with Crippen LogP contribution in [-0.4, -0.2) is 60.7 Å². The van der Waals surface area contributed by atoms with Crippen LogP contribution in [0.3, 0.4) is 0 Å². The first-order valence-electron chi connectivity index (χ1n) is 11.4. The second-order valence-electron chi connectivity index (χ2n) is 8.39. The van der Waals surface area contributed by atoms with E-state index >= 15 is 0 Å². The summed E-state index contributed by atoms with van der Waals surface area (Å²) >= 11 is 0. The quantitative estimate of drug-likeness (QED) is 0.449. The molecule has 0 spiro atoms. The zero-order valence-corrected chi connectivity index (χ0v) is 19.9. The van der Waals surface area contributed by atoms with Gasteiger partial charge in [-0.1, -0.05) is 42.5 Å². The van der Waals surface area contributed by atoms with Crippen LogP contribution in [0.25, 0.3) is 11.0 Å². The van der Waals surface area contributed by atoms with Gasteiger partial charge in [-0.2, -0.15) is 5.10 Å². The van der Waals surface area contributed by atoms with Crippen molar-refractivity contribution in [2.45, 2.75) is 18.1 Å². The van der Waals surface area contributed by atoms with Crippen molar-refractivity contribution < 1.29 is 18.0 Å². The van der Waals surface area contributed by atoms with Gasteiger partial charge >= 0.3 is 0 Å². The SMILES string of the molecule is O=C(NCC1C=CC(S(=O)(=O)C2CCNC2)=CC1)c1cnc2[nH]ncc2c1.O=Cc1ccccc1. The third kappa shape index (κ3) is 6.09. The fraction of sp³-hybridized carbons (Fsp3) is 0.280. The fourth-order valence-corrected chi connectivity index (χ4v) is 5.66. The van der Waals surface area contributed by atoms with Crippen LogP contribution in [0.1, 0.15) is 33.6 Å². The molecule has 3 aromatic rings. The van der Waals surface area contributed by atoms with Crippen molar-refractivity contribution >= 4 is 33.1 Å². The number of carbonyl (C=O) groups excluding carboxylic acids is 2. The summed E-state index contributed by atoms with van der Waals surface area (Å²) in [6, 6.07) is 10.8. The van der Waals surface area contributed by atoms with Gasteiger partial charge in [-0.25, -0.2) is 13.4 Å². The number of fused-ring (bicyclic) bond motifs is 1. The number of rotatable bonds is 6. The van der Waals surface area contributed by atoms with E-state index in [0.717, 1.165) is 23.8 Å². The number of allylic oxidation sites excluding steroid dienone is 2. The predicted octanol–water partition coefficient (Wildman–Crippen LogP) is 2.42. The molecule has 2 aromatic heterocycles. The van der Waals surface area contributed by atoms with Crippen LogP contribution in [0.4, 0.5) is 0 Å². The summed E-state index contributed by atoms with van der Waals surface area (Å²) in [5.74, 6) is -0.140. The fourth-order valence-electron chi connectivity index (χ4n) is 3.91. The third-order valence-electron chi connectivity index (χ3n) is 5.95. The molecule has 3 heterocycles. The molecule has 10 heteroatoms. The number of benzene rings is 1. The van der Waals surface area contributed by atoms with Crippen LogP contribution < -0.4 is 10.6 Å². The third-order valence-corrected chi connectivity index (χ3v) is 8.19. The highest BCUT2D eigenvalue weighted by molar-refractivity contribution is 7.96. The highest BCUT2D eigenvalue weighted by Crippen LogP contribution is 2.25. The molecule has 2 atom stereocenters. The molecule has 182 valence electrons. The summed E-state index contributed by atoms with van der Waals surface area (Å²) in [5.41, 5.74) is 1.84. The predicted molar refractivity (Wildman–Crippen MR) is 134 cm³/mol. The Kier molecular flexibility index (Phi) is 7.84. The highest BCUT2D eigenvalue weighted by atomic mass is 32.2. The molecule has 0 radical (unpaired) electrons. The molecule has 9 nitrogen and oxygen atoms in total. The maximum absolute atomic E-state index is 12.6. The van der Waals surface area contributed by atoms with Crippen molar-refractivity contribution in [1.82, 2.24) is 25.8 Å². The maximum Gasteiger partial charge on any atom is 0.252 e. The van der Waals surface area contributed by atoms with Gasteiger partial charge < -0.3 is 10.6 Å². The molecule has 0 saturated carbocycles. The molecule has 1 aliphatic carbocycles. The van der Waals surface area contributed by atoms with Crippen LogP contribution in [-0.2, 0) is 9.84 Å². The molecular formula is C25H27N5O4S. The van der Waals surface area contributed by atoms with Crippen molar-refractivity contribution in [2.24, 2.45) is 5.92 Å². The molecular weight excluding hydrogens is 466 g/mol. The largest absolute Gasteiger partial charge is 0.351 e. The smallest absolute Gasteiger partial charge is 0.252 e. The normalized spacial score (nSPS) is 19.5. The minimum Gasteiger partial charge on any atom is -0.351 e. The van der Waals surface area contributed by atoms with E-state index in [-0.39, 0.29) is 17.1 Å². The van der Waals surface area contributed by atoms with Gasteiger partial charge in [0.2, 0.25) is 0 Å². The molecule has 1 aromatic carbocycles. The van der Waals surface area contributed by atoms with Crippen LogP contribution in [0.15, 0.2) is 71.9 Å². The van der Waals surface area contributed by atoms with Gasteiger partial charge in [0.15, 0.2) is 15.5 Å². The van der Waals surface area contributed by atoms with E-state index in [4.69, 9.17) is 0 Å². The van der Waals surface area contributed by atoms with Crippen LogP contribution in [0.2, 0.25) is 0 Å². The lowest BCUT2D eigenvalue weighted by atomic mass is 10.0. The lowest BCUT2D eigenvalue weighted by Crippen LogP contribution is -2.30. The number of H-pyrrole nitrogens is 1. The average molecular weight is 494 g/mol. The zero-order chi connectivity index (χ0) is 24.7. The first kappa shape index (κ1) is 24.5. The Labute approximate surface area is 203 Å². The maximum atomic E-state index is 12.6. The second kappa shape index (κ2) is 11.2. The average Bonchev–Trinajstić information content (AvgIpc) is 3.61. The summed E-state index contributed by atoms with van der Waals surface area (Å²) in [6.45, 7) is 1.70. The van der Waals surface area contributed by atoms with E-state index in [9.17, 15) is 18.0 Å². The van der Waals surface area contributed by atoms with Crippen LogP contribution in [0, 0.1) is 5.92 Å². The Bertz CT molecular complexity index is 1340. The molecule has 3 N–H and O–H groups in total. The number of nitrogens with one attached hydrogen (secondary N) is 3. The van der Waals surface area contributed by atoms with E-state index in [1.165, 1.54) is 6.20 Å². The Morgan fingerprint density at radius 1 is 1.20 bits per heavy atom. The van der Waals surface area contributed by atoms with Crippen molar-refractivity contribution in [1.29, 1.82) is 0 Å². The minimum atomic E-state index is -3.27. The van der Waals surface area contributed by atoms with Crippen molar-refractivity contribution in [3.8, 4) is 0 Å². The highest BCUT2D eigenvalue weighted by Gasteiger charge is 2.31. The number of aromatic nitrogens is 3. The number of pyridine rings is 1. The lowest BCUT2D eigenvalue weighted by molar-refractivity contribution is 0.0949. The molecule has 1 aliphatic heterocycles. The number of amides is 1. The Morgan fingerprint density at radius 2 is 2.03 bits per heavy atom. The summed E-state index contributed by atoms with van der Waals surface area (Å²) in [5, 5.41) is 13.1. The number of hydrogen-bond donors (Lipinski definition) is 3. The van der Waals surface area contributed by atoms with Gasteiger partial charge in [0.05, 0.1) is 21.9 Å². The summed E-state index contributed by atoms with van der Waals surface area (Å²) in [7, 11) is -3.27. The Hall–Kier alpha value is -3.63. The Morgan fingerprint density at radius 3 is 2.69 bits per heavy atom. The zero-order valence-electron chi connectivity index (χ0n) is 19.1. The molecule has 1 fully saturated rings. The van der Waals surface area contributed by atoms with Crippen LogP contribution >= 0.6 is 0 Å². The van der Waals surface area contributed by atoms with E-state index < -0.39 is 9.84 Å². The topological polar surface area (TPSA) is 134 Å². The van der Waals surface area contributed by atoms with Crippen molar-refractivity contribution in [3.05, 3.63) is 83.1 Å². The molecule has 35 heavy (non-hydrogen) atoms. The summed E-state index contributed by atoms with van der Waals surface area (Å²) in [4.78, 5) is 26.9. The van der Waals surface area contributed by atoms with E-state index in [0.29, 0.717) is 42.0 Å². The molecule has 0 bridgehead atoms. The van der Waals surface area contributed by atoms with Gasteiger partial charge in [0.1, 0.15) is 6.29 Å². The van der Waals surface area contributed by atoms with Crippen LogP contribution in [0.5, 0.6) is 0 Å². The van der Waals surface area contributed by atoms with E-state index in [2.05, 4.69) is 25.8 Å². The van der Waals surface area contributed by atoms with E-state index in [1.807, 2.05) is 24.3 Å².